The number of fused-ring (bicyclic) bond motifs is 1. The number of thiophene rings is 1. The molecule has 2 fully saturated rings. The van der Waals surface area contributed by atoms with Crippen molar-refractivity contribution in [3.05, 3.63) is 70.7 Å². The van der Waals surface area contributed by atoms with Crippen LogP contribution in [-0.4, -0.2) is 61.6 Å². The Labute approximate surface area is 234 Å². The number of amides is 2. The van der Waals surface area contributed by atoms with E-state index >= 15 is 0 Å². The molecule has 11 heteroatoms. The molecular formula is C28H29ClN6O3S. The molecular weight excluding hydrogens is 536 g/mol. The largest absolute Gasteiger partial charge is 0.392 e. The summed E-state index contributed by atoms with van der Waals surface area (Å²) in [5.74, 6) is 0.323. The Hall–Kier alpha value is -3.31. The van der Waals surface area contributed by atoms with Crippen molar-refractivity contribution in [3.8, 4) is 5.69 Å². The van der Waals surface area contributed by atoms with Crippen LogP contribution in [0.5, 0.6) is 0 Å². The third-order valence-electron chi connectivity index (χ3n) is 7.48. The minimum atomic E-state index is -0.299. The molecule has 3 aromatic heterocycles. The summed E-state index contributed by atoms with van der Waals surface area (Å²) in [5.41, 5.74) is 1.66. The molecule has 6 rings (SSSR count). The number of likely N-dealkylation sites (tertiary alicyclic amines) is 1. The average molecular weight is 565 g/mol. The molecule has 1 aliphatic carbocycles. The number of carbonyl (C=O) groups excluding carboxylic acids is 2. The summed E-state index contributed by atoms with van der Waals surface area (Å²) < 4.78 is 2.02. The number of aliphatic hydroxyl groups excluding tert-OH is 1. The van der Waals surface area contributed by atoms with Gasteiger partial charge in [0.15, 0.2) is 0 Å². The van der Waals surface area contributed by atoms with Crippen LogP contribution in [0.3, 0.4) is 0 Å². The van der Waals surface area contributed by atoms with Crippen LogP contribution < -0.4 is 10.6 Å². The lowest BCUT2D eigenvalue weighted by atomic mass is 10.0. The van der Waals surface area contributed by atoms with E-state index in [0.717, 1.165) is 54.0 Å². The maximum Gasteiger partial charge on any atom is 0.261 e. The number of nitrogens with one attached hydrogen (secondary N) is 2. The number of β-amino-alcohol motifs (C(OH)–C–C–N with tert-alkyl or cyclic N) is 1. The second-order valence-corrected chi connectivity index (χ2v) is 11.6. The summed E-state index contributed by atoms with van der Waals surface area (Å²) in [7, 11) is 0. The Kier molecular flexibility index (Phi) is 7.35. The summed E-state index contributed by atoms with van der Waals surface area (Å²) in [6.45, 7) is 2.19. The van der Waals surface area contributed by atoms with Gasteiger partial charge in [-0.2, -0.15) is 0 Å². The van der Waals surface area contributed by atoms with Gasteiger partial charge < -0.3 is 20.3 Å². The quantitative estimate of drug-likeness (QED) is 0.289. The number of halogens is 1. The number of imidazole rings is 1. The average Bonchev–Trinajstić information content (AvgIpc) is 3.72. The third-order valence-corrected chi connectivity index (χ3v) is 8.74. The van der Waals surface area contributed by atoms with Crippen LogP contribution in [0.2, 0.25) is 5.15 Å². The van der Waals surface area contributed by atoms with Crippen LogP contribution in [0, 0.1) is 5.92 Å². The number of hydrogen-bond donors (Lipinski definition) is 3. The van der Waals surface area contributed by atoms with Crippen molar-refractivity contribution in [2.75, 3.05) is 18.4 Å². The fourth-order valence-electron chi connectivity index (χ4n) is 5.48. The first-order chi connectivity index (χ1) is 18.9. The minimum Gasteiger partial charge on any atom is -0.392 e. The molecule has 1 aromatic carbocycles. The van der Waals surface area contributed by atoms with Crippen LogP contribution >= 0.6 is 22.9 Å². The Balaban J connectivity index is 1.08. The highest BCUT2D eigenvalue weighted by Gasteiger charge is 2.34. The van der Waals surface area contributed by atoms with Gasteiger partial charge in [0.25, 0.3) is 5.91 Å². The molecule has 1 saturated carbocycles. The molecule has 4 aromatic rings. The van der Waals surface area contributed by atoms with Gasteiger partial charge in [0.2, 0.25) is 5.91 Å². The Bertz CT molecular complexity index is 1500. The number of hydrogen-bond acceptors (Lipinski definition) is 7. The van der Waals surface area contributed by atoms with Gasteiger partial charge in [0.1, 0.15) is 15.8 Å². The summed E-state index contributed by atoms with van der Waals surface area (Å²) in [5, 5.41) is 17.2. The zero-order valence-electron chi connectivity index (χ0n) is 21.2. The molecule has 0 bridgehead atoms. The number of nitrogens with zero attached hydrogens (tertiary/aromatic N) is 4. The van der Waals surface area contributed by atoms with E-state index in [1.165, 1.54) is 11.3 Å². The standard InChI is InChI=1S/C28H29ClN6O3S/c29-24-9-4-17-14-23(39-28(17)33-24)27(38)32-22-3-1-2-21(22)26(37)31-18-5-7-19(8-6-18)35-13-11-30-25(35)16-34-12-10-20(36)15-34/h4-9,11,13-14,20-22,36H,1-3,10,12,15-16H2,(H,31,37)(H,32,38)/t20?,21-,22+/m0/s1. The molecule has 3 N–H and O–H groups in total. The van der Waals surface area contributed by atoms with Crippen molar-refractivity contribution >= 4 is 50.7 Å². The van der Waals surface area contributed by atoms with Gasteiger partial charge in [0.05, 0.1) is 23.4 Å². The van der Waals surface area contributed by atoms with Gasteiger partial charge in [-0.15, -0.1) is 11.3 Å². The van der Waals surface area contributed by atoms with Crippen LogP contribution in [-0.2, 0) is 11.3 Å². The molecule has 0 spiro atoms. The number of benzene rings is 1. The van der Waals surface area contributed by atoms with Gasteiger partial charge in [-0.3, -0.25) is 14.5 Å². The predicted molar refractivity (Wildman–Crippen MR) is 151 cm³/mol. The van der Waals surface area contributed by atoms with Gasteiger partial charge in [-0.05, 0) is 61.7 Å². The van der Waals surface area contributed by atoms with Crippen molar-refractivity contribution in [3.63, 3.8) is 0 Å². The molecule has 1 aliphatic heterocycles. The van der Waals surface area contributed by atoms with E-state index in [1.807, 2.05) is 47.2 Å². The van der Waals surface area contributed by atoms with E-state index < -0.39 is 0 Å². The van der Waals surface area contributed by atoms with Gasteiger partial charge >= 0.3 is 0 Å². The summed E-state index contributed by atoms with van der Waals surface area (Å²) >= 11 is 7.28. The zero-order chi connectivity index (χ0) is 26.9. The first-order valence-corrected chi connectivity index (χ1v) is 14.3. The van der Waals surface area contributed by atoms with Gasteiger partial charge in [-0.1, -0.05) is 18.0 Å². The molecule has 9 nitrogen and oxygen atoms in total. The molecule has 1 saturated heterocycles. The van der Waals surface area contributed by atoms with E-state index in [0.29, 0.717) is 28.8 Å². The van der Waals surface area contributed by atoms with Crippen LogP contribution in [0.1, 0.15) is 41.2 Å². The fraction of sp³-hybridized carbons (Fsp3) is 0.357. The molecule has 202 valence electrons. The second-order valence-electron chi connectivity index (χ2n) is 10.2. The number of aliphatic hydroxyl groups is 1. The normalized spacial score (nSPS) is 21.4. The summed E-state index contributed by atoms with van der Waals surface area (Å²) in [6.07, 6.45) is 6.58. The molecule has 2 aliphatic rings. The third kappa shape index (κ3) is 5.69. The monoisotopic (exact) mass is 564 g/mol. The first-order valence-electron chi connectivity index (χ1n) is 13.1. The van der Waals surface area contributed by atoms with Crippen LogP contribution in [0.15, 0.2) is 54.9 Å². The molecule has 0 radical (unpaired) electrons. The molecule has 3 atom stereocenters. The van der Waals surface area contributed by atoms with Crippen molar-refractivity contribution < 1.29 is 14.7 Å². The summed E-state index contributed by atoms with van der Waals surface area (Å²) in [6, 6.07) is 12.8. The Morgan fingerprint density at radius 3 is 2.77 bits per heavy atom. The highest BCUT2D eigenvalue weighted by atomic mass is 35.5. The fourth-order valence-corrected chi connectivity index (χ4v) is 6.61. The minimum absolute atomic E-state index is 0.0914. The smallest absolute Gasteiger partial charge is 0.261 e. The highest BCUT2D eigenvalue weighted by molar-refractivity contribution is 7.20. The number of aromatic nitrogens is 3. The maximum absolute atomic E-state index is 13.2. The van der Waals surface area contributed by atoms with Crippen molar-refractivity contribution in [1.29, 1.82) is 0 Å². The van der Waals surface area contributed by atoms with E-state index in [4.69, 9.17) is 11.6 Å². The molecule has 39 heavy (non-hydrogen) atoms. The predicted octanol–water partition coefficient (Wildman–Crippen LogP) is 4.24. The maximum atomic E-state index is 13.2. The highest BCUT2D eigenvalue weighted by Crippen LogP contribution is 2.30. The van der Waals surface area contributed by atoms with Gasteiger partial charge in [0, 0.05) is 48.3 Å². The number of carbonyl (C=O) groups is 2. The Morgan fingerprint density at radius 2 is 1.97 bits per heavy atom. The lowest BCUT2D eigenvalue weighted by Gasteiger charge is -2.20. The SMILES string of the molecule is O=C(N[C@@H]1CCC[C@@H]1C(=O)Nc1ccc(-n2ccnc2CN2CCC(O)C2)cc1)c1cc2ccc(Cl)nc2s1. The lowest BCUT2D eigenvalue weighted by Crippen LogP contribution is -2.41. The number of rotatable bonds is 7. The molecule has 2 amide bonds. The van der Waals surface area contributed by atoms with Crippen LogP contribution in [0.4, 0.5) is 5.69 Å². The summed E-state index contributed by atoms with van der Waals surface area (Å²) in [4.78, 5) is 38.4. The number of pyridine rings is 1. The zero-order valence-corrected chi connectivity index (χ0v) is 22.8. The second kappa shape index (κ2) is 11.1. The number of anilines is 1. The van der Waals surface area contributed by atoms with E-state index in [1.54, 1.807) is 12.3 Å². The Morgan fingerprint density at radius 1 is 1.13 bits per heavy atom. The van der Waals surface area contributed by atoms with E-state index in [9.17, 15) is 14.7 Å². The molecule has 1 unspecified atom stereocenters. The van der Waals surface area contributed by atoms with Crippen LogP contribution in [0.25, 0.3) is 15.9 Å². The lowest BCUT2D eigenvalue weighted by molar-refractivity contribution is -0.120. The van der Waals surface area contributed by atoms with E-state index in [2.05, 4.69) is 25.5 Å². The first kappa shape index (κ1) is 25.9. The van der Waals surface area contributed by atoms with Crippen molar-refractivity contribution in [2.24, 2.45) is 5.92 Å². The van der Waals surface area contributed by atoms with Gasteiger partial charge in [-0.25, -0.2) is 9.97 Å². The topological polar surface area (TPSA) is 112 Å². The van der Waals surface area contributed by atoms with Crippen molar-refractivity contribution in [2.45, 2.75) is 44.4 Å². The molecule has 4 heterocycles. The van der Waals surface area contributed by atoms with Crippen molar-refractivity contribution in [1.82, 2.24) is 24.8 Å². The van der Waals surface area contributed by atoms with E-state index in [-0.39, 0.29) is 29.9 Å².